The van der Waals surface area contributed by atoms with E-state index in [0.717, 1.165) is 17.0 Å². The van der Waals surface area contributed by atoms with Gasteiger partial charge < -0.3 is 15.7 Å². The number of hydrogen-bond donors (Lipinski definition) is 3. The predicted molar refractivity (Wildman–Crippen MR) is 118 cm³/mol. The molecule has 7 nitrogen and oxygen atoms in total. The van der Waals surface area contributed by atoms with Crippen LogP contribution in [0.4, 0.5) is 21.5 Å². The van der Waals surface area contributed by atoms with E-state index >= 15 is 0 Å². The molecule has 3 N–H and O–H groups in total. The molecule has 0 saturated carbocycles. The Kier molecular flexibility index (Phi) is 5.61. The molecule has 3 aromatic carbocycles. The number of aromatic hydroxyl groups is 1. The van der Waals surface area contributed by atoms with Gasteiger partial charge in [-0.25, -0.2) is 9.29 Å². The van der Waals surface area contributed by atoms with E-state index in [2.05, 4.69) is 10.6 Å². The van der Waals surface area contributed by atoms with Crippen LogP contribution in [0.5, 0.6) is 5.75 Å². The number of anilines is 3. The predicted octanol–water partition coefficient (Wildman–Crippen LogP) is 4.22. The fraction of sp³-hybridized carbons (Fsp3) is 0. The maximum absolute atomic E-state index is 13.2. The van der Waals surface area contributed by atoms with Crippen molar-refractivity contribution in [2.75, 3.05) is 15.5 Å². The minimum absolute atomic E-state index is 0.00918. The van der Waals surface area contributed by atoms with E-state index in [4.69, 9.17) is 11.6 Å². The van der Waals surface area contributed by atoms with Gasteiger partial charge in [0, 0.05) is 23.0 Å². The van der Waals surface area contributed by atoms with E-state index < -0.39 is 23.5 Å². The summed E-state index contributed by atoms with van der Waals surface area (Å²) in [5.41, 5.74) is 1.04. The number of phenols is 1. The lowest BCUT2D eigenvalue weighted by Crippen LogP contribution is -2.32. The number of hydrogen-bond acceptors (Lipinski definition) is 5. The molecule has 1 aliphatic heterocycles. The molecule has 0 aromatic heterocycles. The largest absolute Gasteiger partial charge is 0.508 e. The number of carbonyl (C=O) groups excluding carboxylic acids is 3. The molecule has 1 heterocycles. The lowest BCUT2D eigenvalue weighted by molar-refractivity contribution is -0.120. The molecule has 32 heavy (non-hydrogen) atoms. The number of benzene rings is 3. The Bertz CT molecular complexity index is 1270. The third-order valence-electron chi connectivity index (χ3n) is 4.61. The summed E-state index contributed by atoms with van der Waals surface area (Å²) in [6.07, 6.45) is 0. The van der Waals surface area contributed by atoms with Crippen LogP contribution in [0.1, 0.15) is 10.4 Å². The quantitative estimate of drug-likeness (QED) is 0.504. The standard InChI is InChI=1S/C23H15ClFN3O4/c24-19-20(23(32)28(22(19)31)17-9-7-14(25)8-10-17)26-15-4-1-3-13(11-15)21(30)27-16-5-2-6-18(29)12-16/h1-12,26,29H,(H,27,30). The molecule has 0 bridgehead atoms. The van der Waals surface area contributed by atoms with E-state index in [-0.39, 0.29) is 27.7 Å². The highest BCUT2D eigenvalue weighted by Gasteiger charge is 2.39. The molecule has 0 unspecified atom stereocenters. The average molecular weight is 452 g/mol. The van der Waals surface area contributed by atoms with Gasteiger partial charge in [-0.05, 0) is 54.6 Å². The zero-order valence-corrected chi connectivity index (χ0v) is 17.1. The minimum atomic E-state index is -0.747. The molecule has 1 aliphatic rings. The molecule has 0 radical (unpaired) electrons. The molecule has 0 aliphatic carbocycles. The van der Waals surface area contributed by atoms with Gasteiger partial charge in [0.15, 0.2) is 0 Å². The average Bonchev–Trinajstić information content (AvgIpc) is 2.98. The Hall–Kier alpha value is -4.17. The summed E-state index contributed by atoms with van der Waals surface area (Å²) in [6.45, 7) is 0. The van der Waals surface area contributed by atoms with E-state index in [1.165, 1.54) is 30.3 Å². The van der Waals surface area contributed by atoms with Gasteiger partial charge in [-0.3, -0.25) is 14.4 Å². The van der Waals surface area contributed by atoms with Crippen LogP contribution >= 0.6 is 11.6 Å². The van der Waals surface area contributed by atoms with Crippen LogP contribution in [0.25, 0.3) is 0 Å². The number of nitrogens with zero attached hydrogens (tertiary/aromatic N) is 1. The van der Waals surface area contributed by atoms with Gasteiger partial charge in [-0.15, -0.1) is 0 Å². The first kappa shape index (κ1) is 21.1. The Morgan fingerprint density at radius 1 is 0.906 bits per heavy atom. The van der Waals surface area contributed by atoms with E-state index in [1.54, 1.807) is 30.3 Å². The first-order valence-corrected chi connectivity index (χ1v) is 9.73. The Morgan fingerprint density at radius 3 is 2.31 bits per heavy atom. The van der Waals surface area contributed by atoms with Crippen LogP contribution in [-0.2, 0) is 9.59 Å². The smallest absolute Gasteiger partial charge is 0.283 e. The molecule has 9 heteroatoms. The van der Waals surface area contributed by atoms with Gasteiger partial charge in [-0.2, -0.15) is 0 Å². The highest BCUT2D eigenvalue weighted by molar-refractivity contribution is 6.53. The van der Waals surface area contributed by atoms with E-state index in [0.29, 0.717) is 11.4 Å². The fourth-order valence-corrected chi connectivity index (χ4v) is 3.32. The number of nitrogens with one attached hydrogen (secondary N) is 2. The zero-order valence-electron chi connectivity index (χ0n) is 16.3. The molecular formula is C23H15ClFN3O4. The molecule has 0 atom stereocenters. The number of carbonyl (C=O) groups is 3. The van der Waals surface area contributed by atoms with Gasteiger partial charge in [0.2, 0.25) is 0 Å². The van der Waals surface area contributed by atoms with E-state index in [9.17, 15) is 23.9 Å². The fourth-order valence-electron chi connectivity index (χ4n) is 3.11. The molecular weight excluding hydrogens is 437 g/mol. The van der Waals surface area contributed by atoms with Crippen LogP contribution in [0.3, 0.4) is 0 Å². The summed E-state index contributed by atoms with van der Waals surface area (Å²) in [5.74, 6) is -2.40. The first-order chi connectivity index (χ1) is 15.3. The van der Waals surface area contributed by atoms with Crippen LogP contribution in [0.2, 0.25) is 0 Å². The van der Waals surface area contributed by atoms with Crippen molar-refractivity contribution in [2.24, 2.45) is 0 Å². The van der Waals surface area contributed by atoms with Crippen LogP contribution in [-0.4, -0.2) is 22.8 Å². The van der Waals surface area contributed by atoms with Gasteiger partial charge >= 0.3 is 0 Å². The van der Waals surface area contributed by atoms with Gasteiger partial charge in [-0.1, -0.05) is 23.7 Å². The lowest BCUT2D eigenvalue weighted by Gasteiger charge is -2.15. The monoisotopic (exact) mass is 451 g/mol. The highest BCUT2D eigenvalue weighted by Crippen LogP contribution is 2.30. The molecule has 3 amide bonds. The first-order valence-electron chi connectivity index (χ1n) is 9.35. The lowest BCUT2D eigenvalue weighted by atomic mass is 10.1. The van der Waals surface area contributed by atoms with Crippen LogP contribution in [0.15, 0.2) is 83.5 Å². The Labute approximate surface area is 186 Å². The van der Waals surface area contributed by atoms with Gasteiger partial charge in [0.1, 0.15) is 22.3 Å². The second-order valence-electron chi connectivity index (χ2n) is 6.82. The van der Waals surface area contributed by atoms with Gasteiger partial charge in [0.25, 0.3) is 17.7 Å². The minimum Gasteiger partial charge on any atom is -0.508 e. The summed E-state index contributed by atoms with van der Waals surface area (Å²) in [5, 5.41) is 14.6. The van der Waals surface area contributed by atoms with Crippen LogP contribution in [0, 0.1) is 5.82 Å². The normalized spacial score (nSPS) is 13.5. The summed E-state index contributed by atoms with van der Waals surface area (Å²) in [7, 11) is 0. The number of rotatable bonds is 5. The highest BCUT2D eigenvalue weighted by atomic mass is 35.5. The SMILES string of the molecule is O=C(Nc1cccc(O)c1)c1cccc(NC2=C(Cl)C(=O)N(c3ccc(F)cc3)C2=O)c1. The zero-order chi connectivity index (χ0) is 22.8. The van der Waals surface area contributed by atoms with Crippen molar-refractivity contribution in [3.8, 4) is 5.75 Å². The van der Waals surface area contributed by atoms with E-state index in [1.807, 2.05) is 0 Å². The second kappa shape index (κ2) is 8.52. The van der Waals surface area contributed by atoms with Crippen molar-refractivity contribution >= 4 is 46.4 Å². The van der Waals surface area contributed by atoms with Crippen LogP contribution < -0.4 is 15.5 Å². The second-order valence-corrected chi connectivity index (χ2v) is 7.20. The Morgan fingerprint density at radius 2 is 1.59 bits per heavy atom. The summed E-state index contributed by atoms with van der Waals surface area (Å²) >= 11 is 6.10. The summed E-state index contributed by atoms with van der Waals surface area (Å²) in [4.78, 5) is 38.7. The van der Waals surface area contributed by atoms with Crippen molar-refractivity contribution in [2.45, 2.75) is 0 Å². The number of phenolic OH excluding ortho intramolecular Hbond substituents is 1. The van der Waals surface area contributed by atoms with Crippen molar-refractivity contribution in [3.63, 3.8) is 0 Å². The van der Waals surface area contributed by atoms with Crippen molar-refractivity contribution in [1.29, 1.82) is 0 Å². The van der Waals surface area contributed by atoms with Gasteiger partial charge in [0.05, 0.1) is 5.69 Å². The summed E-state index contributed by atoms with van der Waals surface area (Å²) < 4.78 is 13.2. The molecule has 3 aromatic rings. The summed E-state index contributed by atoms with van der Waals surface area (Å²) in [6, 6.07) is 17.2. The maximum Gasteiger partial charge on any atom is 0.283 e. The molecule has 0 spiro atoms. The molecule has 0 saturated heterocycles. The third-order valence-corrected chi connectivity index (χ3v) is 4.96. The number of amides is 3. The topological polar surface area (TPSA) is 98.7 Å². The third kappa shape index (κ3) is 4.17. The molecule has 160 valence electrons. The number of imide groups is 1. The number of halogens is 2. The van der Waals surface area contributed by atoms with Crippen molar-refractivity contribution in [3.05, 3.63) is 94.9 Å². The van der Waals surface area contributed by atoms with Crippen molar-refractivity contribution in [1.82, 2.24) is 0 Å². The van der Waals surface area contributed by atoms with Crippen molar-refractivity contribution < 1.29 is 23.9 Å². The molecule has 0 fully saturated rings. The molecule has 4 rings (SSSR count). The maximum atomic E-state index is 13.2. The Balaban J connectivity index is 1.54.